The summed E-state index contributed by atoms with van der Waals surface area (Å²) in [5.74, 6) is 1.56. The number of hydrogen-bond donors (Lipinski definition) is 0. The van der Waals surface area contributed by atoms with Crippen molar-refractivity contribution in [2.75, 3.05) is 11.6 Å². The predicted octanol–water partition coefficient (Wildman–Crippen LogP) is 5.20. The highest BCUT2D eigenvalue weighted by Gasteiger charge is 2.26. The molecule has 1 aromatic carbocycles. The zero-order chi connectivity index (χ0) is 18.1. The Morgan fingerprint density at radius 2 is 1.84 bits per heavy atom. The SMILES string of the molecule is CCC(C)N1COCc2c1cc(C)nc2Oc1c(C)cc(C)cc1C. The van der Waals surface area contributed by atoms with Crippen LogP contribution in [0.2, 0.25) is 0 Å². The molecule has 0 spiro atoms. The first-order chi connectivity index (χ1) is 11.9. The molecule has 4 heteroatoms. The Morgan fingerprint density at radius 3 is 2.48 bits per heavy atom. The third-order valence-electron chi connectivity index (χ3n) is 4.90. The molecule has 3 rings (SSSR count). The van der Waals surface area contributed by atoms with E-state index in [0.717, 1.165) is 34.6 Å². The Kier molecular flexibility index (Phi) is 5.00. The third kappa shape index (κ3) is 3.49. The highest BCUT2D eigenvalue weighted by atomic mass is 16.5. The molecule has 25 heavy (non-hydrogen) atoms. The van der Waals surface area contributed by atoms with Crippen LogP contribution in [0, 0.1) is 27.7 Å². The first-order valence-electron chi connectivity index (χ1n) is 9.01. The van der Waals surface area contributed by atoms with Crippen LogP contribution >= 0.6 is 0 Å². The summed E-state index contributed by atoms with van der Waals surface area (Å²) in [5.41, 5.74) is 6.69. The summed E-state index contributed by atoms with van der Waals surface area (Å²) in [6.45, 7) is 13.9. The Bertz CT molecular complexity index is 763. The van der Waals surface area contributed by atoms with Crippen molar-refractivity contribution in [1.29, 1.82) is 0 Å². The van der Waals surface area contributed by atoms with Gasteiger partial charge in [-0.1, -0.05) is 24.6 Å². The van der Waals surface area contributed by atoms with E-state index < -0.39 is 0 Å². The number of nitrogens with zero attached hydrogens (tertiary/aromatic N) is 2. The lowest BCUT2D eigenvalue weighted by Gasteiger charge is -2.36. The van der Waals surface area contributed by atoms with Gasteiger partial charge in [0.15, 0.2) is 0 Å². The zero-order valence-electron chi connectivity index (χ0n) is 16.1. The second kappa shape index (κ2) is 7.04. The van der Waals surface area contributed by atoms with Crippen molar-refractivity contribution < 1.29 is 9.47 Å². The lowest BCUT2D eigenvalue weighted by atomic mass is 10.1. The van der Waals surface area contributed by atoms with Crippen molar-refractivity contribution in [3.63, 3.8) is 0 Å². The van der Waals surface area contributed by atoms with Crippen LogP contribution in [0.5, 0.6) is 11.6 Å². The molecule has 0 N–H and O–H groups in total. The van der Waals surface area contributed by atoms with Gasteiger partial charge in [0.1, 0.15) is 12.5 Å². The van der Waals surface area contributed by atoms with E-state index in [0.29, 0.717) is 25.3 Å². The number of aromatic nitrogens is 1. The molecule has 2 heterocycles. The maximum Gasteiger partial charge on any atom is 0.227 e. The summed E-state index contributed by atoms with van der Waals surface area (Å²) in [4.78, 5) is 6.98. The molecule has 1 aliphatic rings. The highest BCUT2D eigenvalue weighted by molar-refractivity contribution is 5.60. The molecular weight excluding hydrogens is 312 g/mol. The number of benzene rings is 1. The average Bonchev–Trinajstić information content (AvgIpc) is 2.56. The fourth-order valence-corrected chi connectivity index (χ4v) is 3.46. The summed E-state index contributed by atoms with van der Waals surface area (Å²) in [6, 6.07) is 6.85. The van der Waals surface area contributed by atoms with Gasteiger partial charge in [-0.25, -0.2) is 4.98 Å². The number of hydrogen-bond acceptors (Lipinski definition) is 4. The molecule has 2 aromatic rings. The molecule has 1 atom stereocenters. The predicted molar refractivity (Wildman–Crippen MR) is 102 cm³/mol. The largest absolute Gasteiger partial charge is 0.438 e. The van der Waals surface area contributed by atoms with Crippen molar-refractivity contribution in [3.8, 4) is 11.6 Å². The summed E-state index contributed by atoms with van der Waals surface area (Å²) in [6.07, 6.45) is 1.07. The van der Waals surface area contributed by atoms with Gasteiger partial charge in [-0.05, 0) is 58.2 Å². The van der Waals surface area contributed by atoms with Gasteiger partial charge in [0, 0.05) is 11.7 Å². The molecule has 0 amide bonds. The van der Waals surface area contributed by atoms with Gasteiger partial charge < -0.3 is 14.4 Å². The second-order valence-electron chi connectivity index (χ2n) is 7.10. The van der Waals surface area contributed by atoms with Gasteiger partial charge in [-0.2, -0.15) is 0 Å². The Balaban J connectivity index is 2.05. The molecule has 0 radical (unpaired) electrons. The van der Waals surface area contributed by atoms with E-state index in [1.807, 2.05) is 6.92 Å². The summed E-state index contributed by atoms with van der Waals surface area (Å²) < 4.78 is 12.2. The fraction of sp³-hybridized carbons (Fsp3) is 0.476. The Hall–Kier alpha value is -2.07. The van der Waals surface area contributed by atoms with Crippen molar-refractivity contribution in [2.45, 2.75) is 60.6 Å². The highest BCUT2D eigenvalue weighted by Crippen LogP contribution is 2.38. The Labute approximate surface area is 150 Å². The molecule has 0 bridgehead atoms. The van der Waals surface area contributed by atoms with E-state index in [-0.39, 0.29) is 0 Å². The maximum atomic E-state index is 6.32. The first kappa shape index (κ1) is 17.7. The van der Waals surface area contributed by atoms with Crippen LogP contribution in [0.1, 0.15) is 48.2 Å². The third-order valence-corrected chi connectivity index (χ3v) is 4.90. The molecule has 1 aromatic heterocycles. The van der Waals surface area contributed by atoms with Crippen LogP contribution < -0.4 is 9.64 Å². The van der Waals surface area contributed by atoms with Crippen molar-refractivity contribution in [1.82, 2.24) is 4.98 Å². The molecule has 134 valence electrons. The van der Waals surface area contributed by atoms with Gasteiger partial charge in [-0.15, -0.1) is 0 Å². The van der Waals surface area contributed by atoms with Crippen molar-refractivity contribution in [3.05, 3.63) is 46.1 Å². The van der Waals surface area contributed by atoms with Gasteiger partial charge in [-0.3, -0.25) is 0 Å². The average molecular weight is 340 g/mol. The minimum absolute atomic E-state index is 0.413. The molecule has 0 saturated carbocycles. The van der Waals surface area contributed by atoms with Gasteiger partial charge in [0.25, 0.3) is 0 Å². The molecule has 1 aliphatic heterocycles. The van der Waals surface area contributed by atoms with Crippen LogP contribution in [0.3, 0.4) is 0 Å². The Morgan fingerprint density at radius 1 is 1.16 bits per heavy atom. The molecule has 0 saturated heterocycles. The quantitative estimate of drug-likeness (QED) is 0.766. The summed E-state index contributed by atoms with van der Waals surface area (Å²) in [7, 11) is 0. The molecule has 1 unspecified atom stereocenters. The standard InChI is InChI=1S/C21H28N2O2/c1-7-17(6)23-12-24-11-18-19(23)10-16(5)22-21(18)25-20-14(3)8-13(2)9-15(20)4/h8-10,17H,7,11-12H2,1-6H3. The van der Waals surface area contributed by atoms with Crippen LogP contribution in [-0.2, 0) is 11.3 Å². The van der Waals surface area contributed by atoms with E-state index in [2.05, 4.69) is 62.7 Å². The first-order valence-corrected chi connectivity index (χ1v) is 9.01. The zero-order valence-corrected chi connectivity index (χ0v) is 16.1. The maximum absolute atomic E-state index is 6.32. The van der Waals surface area contributed by atoms with E-state index in [1.54, 1.807) is 0 Å². The minimum atomic E-state index is 0.413. The number of pyridine rings is 1. The molecule has 0 fully saturated rings. The lowest BCUT2D eigenvalue weighted by molar-refractivity contribution is 0.102. The summed E-state index contributed by atoms with van der Waals surface area (Å²) in [5, 5.41) is 0. The number of fused-ring (bicyclic) bond motifs is 1. The molecular formula is C21H28N2O2. The normalized spacial score (nSPS) is 15.0. The van der Waals surface area contributed by atoms with E-state index >= 15 is 0 Å². The lowest BCUT2D eigenvalue weighted by Crippen LogP contribution is -2.38. The fourth-order valence-electron chi connectivity index (χ4n) is 3.46. The number of rotatable bonds is 4. The van der Waals surface area contributed by atoms with Crippen molar-refractivity contribution >= 4 is 5.69 Å². The second-order valence-corrected chi connectivity index (χ2v) is 7.10. The van der Waals surface area contributed by atoms with E-state index in [9.17, 15) is 0 Å². The van der Waals surface area contributed by atoms with Crippen LogP contribution in [-0.4, -0.2) is 17.8 Å². The van der Waals surface area contributed by atoms with Gasteiger partial charge >= 0.3 is 0 Å². The number of anilines is 1. The summed E-state index contributed by atoms with van der Waals surface area (Å²) >= 11 is 0. The molecule has 0 aliphatic carbocycles. The van der Waals surface area contributed by atoms with Crippen molar-refractivity contribution in [2.24, 2.45) is 0 Å². The van der Waals surface area contributed by atoms with Crippen LogP contribution in [0.25, 0.3) is 0 Å². The smallest absolute Gasteiger partial charge is 0.227 e. The monoisotopic (exact) mass is 340 g/mol. The van der Waals surface area contributed by atoms with Gasteiger partial charge in [0.05, 0.1) is 17.9 Å². The van der Waals surface area contributed by atoms with Crippen LogP contribution in [0.4, 0.5) is 5.69 Å². The van der Waals surface area contributed by atoms with E-state index in [4.69, 9.17) is 9.47 Å². The molecule has 4 nitrogen and oxygen atoms in total. The minimum Gasteiger partial charge on any atom is -0.438 e. The number of aryl methyl sites for hydroxylation is 4. The van der Waals surface area contributed by atoms with Gasteiger partial charge in [0.2, 0.25) is 5.88 Å². The van der Waals surface area contributed by atoms with Crippen LogP contribution in [0.15, 0.2) is 18.2 Å². The topological polar surface area (TPSA) is 34.6 Å². The van der Waals surface area contributed by atoms with E-state index in [1.165, 1.54) is 11.3 Å². The number of ether oxygens (including phenoxy) is 2.